The van der Waals surface area contributed by atoms with E-state index in [1.807, 2.05) is 24.5 Å². The van der Waals surface area contributed by atoms with E-state index in [2.05, 4.69) is 115 Å². The SMILES string of the molecule is [C-]#[N+]C([S-])=C([S-])C#N.[Pt+2].c1ccc(-c2ccnc3c2ccc2ccc4c(-c5ccccc5)ccnc4c23)cc1. The van der Waals surface area contributed by atoms with E-state index in [9.17, 15) is 0 Å². The van der Waals surface area contributed by atoms with Crippen molar-refractivity contribution in [3.8, 4) is 28.3 Å². The Hall–Kier alpha value is -4.19. The van der Waals surface area contributed by atoms with Crippen molar-refractivity contribution in [3.05, 3.63) is 131 Å². The van der Waals surface area contributed by atoms with Gasteiger partial charge in [0.1, 0.15) is 0 Å². The molecule has 39 heavy (non-hydrogen) atoms. The molecule has 2 aromatic heterocycles. The Labute approximate surface area is 251 Å². The average molecular weight is 718 g/mol. The summed E-state index contributed by atoms with van der Waals surface area (Å²) < 4.78 is 0. The summed E-state index contributed by atoms with van der Waals surface area (Å²) in [5.74, 6) is 0. The molecule has 0 radical (unpaired) electrons. The number of aromatic nitrogens is 2. The average Bonchev–Trinajstić information content (AvgIpc) is 3.00. The van der Waals surface area contributed by atoms with E-state index >= 15 is 0 Å². The molecule has 0 aliphatic heterocycles. The molecule has 6 aromatic rings. The van der Waals surface area contributed by atoms with Crippen molar-refractivity contribution in [1.82, 2.24) is 9.97 Å². The maximum atomic E-state index is 8.01. The molecule has 0 spiro atoms. The monoisotopic (exact) mass is 717 g/mol. The summed E-state index contributed by atoms with van der Waals surface area (Å²) in [7, 11) is 0. The molecule has 2 heterocycles. The molecule has 0 amide bonds. The minimum Gasteiger partial charge on any atom is -0.812 e. The zero-order valence-corrected chi connectivity index (χ0v) is 24.2. The van der Waals surface area contributed by atoms with Crippen LogP contribution in [0.25, 0.3) is 59.7 Å². The van der Waals surface area contributed by atoms with Gasteiger partial charge in [0, 0.05) is 33.6 Å². The molecule has 0 unspecified atom stereocenters. The molecule has 0 aliphatic rings. The van der Waals surface area contributed by atoms with Crippen molar-refractivity contribution in [3.63, 3.8) is 0 Å². The van der Waals surface area contributed by atoms with Crippen LogP contribution in [0.2, 0.25) is 0 Å². The number of benzene rings is 4. The summed E-state index contributed by atoms with van der Waals surface area (Å²) in [5.41, 5.74) is 6.77. The Kier molecular flexibility index (Phi) is 8.97. The summed E-state index contributed by atoms with van der Waals surface area (Å²) in [6.07, 6.45) is 3.81. The molecule has 4 aromatic carbocycles. The maximum absolute atomic E-state index is 8.01. The van der Waals surface area contributed by atoms with Crippen LogP contribution in [0.1, 0.15) is 0 Å². The summed E-state index contributed by atoms with van der Waals surface area (Å²) >= 11 is 8.72. The van der Waals surface area contributed by atoms with Gasteiger partial charge in [0.15, 0.2) is 0 Å². The predicted molar refractivity (Wildman–Crippen MR) is 159 cm³/mol. The summed E-state index contributed by atoms with van der Waals surface area (Å²) in [4.78, 5) is 12.3. The van der Waals surface area contributed by atoms with Crippen LogP contribution in [0, 0.1) is 17.9 Å². The van der Waals surface area contributed by atoms with Crippen LogP contribution in [0.15, 0.2) is 119 Å². The van der Waals surface area contributed by atoms with Crippen molar-refractivity contribution in [2.75, 3.05) is 0 Å². The Balaban J connectivity index is 0.000000346. The molecule has 0 atom stereocenters. The zero-order chi connectivity index (χ0) is 26.5. The number of allylic oxidation sites excluding steroid dienone is 1. The largest absolute Gasteiger partial charge is 2.00 e. The molecule has 0 bridgehead atoms. The molecule has 7 heteroatoms. The second-order valence-electron chi connectivity index (χ2n) is 8.33. The van der Waals surface area contributed by atoms with Gasteiger partial charge in [-0.3, -0.25) is 14.8 Å². The Morgan fingerprint density at radius 2 is 1.15 bits per heavy atom. The minimum atomic E-state index is -0.123. The quantitative estimate of drug-likeness (QED) is 0.0788. The van der Waals surface area contributed by atoms with Gasteiger partial charge in [0.2, 0.25) is 0 Å². The number of nitriles is 1. The zero-order valence-electron chi connectivity index (χ0n) is 20.3. The third-order valence-corrected chi connectivity index (χ3v) is 6.88. The van der Waals surface area contributed by atoms with E-state index < -0.39 is 0 Å². The third kappa shape index (κ3) is 5.65. The summed E-state index contributed by atoms with van der Waals surface area (Å²) in [6.45, 7) is 6.29. The fraction of sp³-hybridized carbons (Fsp3) is 0. The summed E-state index contributed by atoms with van der Waals surface area (Å²) in [5, 5.41) is 12.5. The van der Waals surface area contributed by atoms with Crippen molar-refractivity contribution >= 4 is 57.8 Å². The second kappa shape index (κ2) is 12.6. The number of rotatable bonds is 2. The topological polar surface area (TPSA) is 53.9 Å². The van der Waals surface area contributed by atoms with Gasteiger partial charge in [-0.05, 0) is 39.8 Å². The fourth-order valence-electron chi connectivity index (χ4n) is 4.47. The van der Waals surface area contributed by atoms with Gasteiger partial charge < -0.3 is 25.3 Å². The number of nitrogens with zero attached hydrogens (tertiary/aromatic N) is 4. The molecule has 0 saturated heterocycles. The van der Waals surface area contributed by atoms with Crippen LogP contribution in [-0.4, -0.2) is 9.97 Å². The number of pyridine rings is 2. The summed E-state index contributed by atoms with van der Waals surface area (Å²) in [6, 6.07) is 35.5. The predicted octanol–water partition coefficient (Wildman–Crippen LogP) is 7.96. The van der Waals surface area contributed by atoms with Crippen LogP contribution in [0.4, 0.5) is 0 Å². The van der Waals surface area contributed by atoms with E-state index in [0.29, 0.717) is 0 Å². The van der Waals surface area contributed by atoms with Crippen molar-refractivity contribution < 1.29 is 21.1 Å². The van der Waals surface area contributed by atoms with E-state index in [1.54, 1.807) is 6.07 Å². The molecule has 188 valence electrons. The Morgan fingerprint density at radius 3 is 1.54 bits per heavy atom. The molecule has 0 fully saturated rings. The van der Waals surface area contributed by atoms with Crippen molar-refractivity contribution in [2.45, 2.75) is 0 Å². The Bertz CT molecular complexity index is 1770. The second-order valence-corrected chi connectivity index (χ2v) is 9.12. The maximum Gasteiger partial charge on any atom is 2.00 e. The van der Waals surface area contributed by atoms with Gasteiger partial charge in [0.05, 0.1) is 23.7 Å². The number of hydrogen-bond donors (Lipinski definition) is 0. The van der Waals surface area contributed by atoms with Crippen LogP contribution >= 0.6 is 0 Å². The number of hydrogen-bond acceptors (Lipinski definition) is 5. The van der Waals surface area contributed by atoms with Crippen molar-refractivity contribution in [1.29, 1.82) is 5.26 Å². The molecule has 6 rings (SSSR count). The van der Waals surface area contributed by atoms with Crippen LogP contribution in [-0.2, 0) is 46.3 Å². The van der Waals surface area contributed by atoms with E-state index in [4.69, 9.17) is 21.8 Å². The van der Waals surface area contributed by atoms with Gasteiger partial charge in [-0.15, -0.1) is 4.91 Å². The van der Waals surface area contributed by atoms with E-state index in [1.165, 1.54) is 22.3 Å². The van der Waals surface area contributed by atoms with Crippen LogP contribution < -0.4 is 0 Å². The molecule has 0 saturated carbocycles. The first-order chi connectivity index (χ1) is 18.6. The van der Waals surface area contributed by atoms with Crippen LogP contribution in [0.5, 0.6) is 0 Å². The van der Waals surface area contributed by atoms with Gasteiger partial charge in [-0.2, -0.15) is 5.26 Å². The van der Waals surface area contributed by atoms with E-state index in [-0.39, 0.29) is 31.0 Å². The van der Waals surface area contributed by atoms with Crippen molar-refractivity contribution in [2.24, 2.45) is 0 Å². The molecule has 0 N–H and O–H groups in total. The van der Waals surface area contributed by atoms with Gasteiger partial charge in [-0.25, -0.2) is 0 Å². The fourth-order valence-corrected chi connectivity index (χ4v) is 4.57. The first-order valence-corrected chi connectivity index (χ1v) is 12.5. The first kappa shape index (κ1) is 27.8. The van der Waals surface area contributed by atoms with Crippen LogP contribution in [0.3, 0.4) is 0 Å². The Morgan fingerprint density at radius 1 is 0.692 bits per heavy atom. The van der Waals surface area contributed by atoms with Gasteiger partial charge in [0.25, 0.3) is 0 Å². The first-order valence-electron chi connectivity index (χ1n) is 11.7. The minimum absolute atomic E-state index is 0. The normalized spacial score (nSPS) is 10.9. The van der Waals surface area contributed by atoms with E-state index in [0.717, 1.165) is 32.6 Å². The van der Waals surface area contributed by atoms with Gasteiger partial charge in [-0.1, -0.05) is 84.9 Å². The third-order valence-electron chi connectivity index (χ3n) is 6.17. The molecule has 0 aliphatic carbocycles. The molecule has 4 nitrogen and oxygen atoms in total. The van der Waals surface area contributed by atoms with Gasteiger partial charge >= 0.3 is 21.1 Å². The number of fused-ring (bicyclic) bond motifs is 5. The molecular formula is C32H18N4PtS2. The smallest absolute Gasteiger partial charge is 0.812 e. The molecular weight excluding hydrogens is 700 g/mol. The standard InChI is InChI=1S/C28H18N2.C4H2N2S2.Pt/c1-3-7-19(8-4-1)22-15-17-29-27-24(22)13-11-21-12-14-25-23(20-9-5-2-6-10-20)16-18-30-28(25)26(21)27;1-6-4(8)3(7)2-5;/h1-18H;7-8H;/q;;+2/p-2.